The molecule has 150 valence electrons. The fourth-order valence-corrected chi connectivity index (χ4v) is 4.07. The monoisotopic (exact) mass is 411 g/mol. The van der Waals surface area contributed by atoms with Gasteiger partial charge in [0.05, 0.1) is 30.0 Å². The van der Waals surface area contributed by atoms with Gasteiger partial charge in [0.25, 0.3) is 0 Å². The maximum Gasteiger partial charge on any atom is 0.228 e. The van der Waals surface area contributed by atoms with E-state index < -0.39 is 0 Å². The van der Waals surface area contributed by atoms with Crippen molar-refractivity contribution in [3.63, 3.8) is 0 Å². The Hall–Kier alpha value is -3.03. The summed E-state index contributed by atoms with van der Waals surface area (Å²) in [7, 11) is 0. The molecule has 0 radical (unpaired) electrons. The van der Waals surface area contributed by atoms with Gasteiger partial charge in [-0.2, -0.15) is 5.26 Å². The lowest BCUT2D eigenvalue weighted by Crippen LogP contribution is -2.38. The molecule has 2 aromatic heterocycles. The predicted octanol–water partition coefficient (Wildman–Crippen LogP) is 2.60. The number of rotatable bonds is 6. The summed E-state index contributed by atoms with van der Waals surface area (Å²) >= 11 is 1.34. The molecule has 29 heavy (non-hydrogen) atoms. The number of aromatic amines is 1. The summed E-state index contributed by atoms with van der Waals surface area (Å²) in [6, 6.07) is 9.56. The lowest BCUT2D eigenvalue weighted by molar-refractivity contribution is 0.121. The van der Waals surface area contributed by atoms with Crippen LogP contribution in [0.5, 0.6) is 0 Å². The van der Waals surface area contributed by atoms with Crippen molar-refractivity contribution in [3.05, 3.63) is 35.8 Å². The molecule has 0 saturated carbocycles. The van der Waals surface area contributed by atoms with Gasteiger partial charge in [0.2, 0.25) is 5.95 Å². The van der Waals surface area contributed by atoms with E-state index in [0.717, 1.165) is 30.1 Å². The zero-order valence-corrected chi connectivity index (χ0v) is 16.8. The van der Waals surface area contributed by atoms with E-state index in [2.05, 4.69) is 31.1 Å². The Morgan fingerprint density at radius 1 is 1.31 bits per heavy atom. The van der Waals surface area contributed by atoms with Crippen LogP contribution in [0.3, 0.4) is 0 Å². The first-order chi connectivity index (χ1) is 14.2. The van der Waals surface area contributed by atoms with E-state index in [9.17, 15) is 10.4 Å². The maximum absolute atomic E-state index is 10.6. The molecule has 1 saturated heterocycles. The fraction of sp³-hybridized carbons (Fsp3) is 0.368. The maximum atomic E-state index is 10.6. The molecular weight excluding hydrogens is 390 g/mol. The standard InChI is InChI=1S/C19H21N7O2S/c1-2-26-18(25-7-9-28-10-8-25)23-24-19(26)29-12-16(27)13(11-20)17-21-14-5-3-4-6-15(14)22-17/h3-6,27H,2,7-10,12H2,1H3,(H,21,22)/b16-13-. The second kappa shape index (κ2) is 8.55. The topological polar surface area (TPSA) is 116 Å². The molecule has 0 amide bonds. The molecule has 9 nitrogen and oxygen atoms in total. The van der Waals surface area contributed by atoms with Crippen LogP contribution in [0.4, 0.5) is 5.95 Å². The Balaban J connectivity index is 1.54. The number of aliphatic hydroxyl groups excluding tert-OH is 1. The van der Waals surface area contributed by atoms with Gasteiger partial charge in [-0.15, -0.1) is 10.2 Å². The van der Waals surface area contributed by atoms with Crippen molar-refractivity contribution in [2.24, 2.45) is 0 Å². The number of nitrogens with zero attached hydrogens (tertiary/aromatic N) is 6. The lowest BCUT2D eigenvalue weighted by atomic mass is 10.2. The number of para-hydroxylation sites is 2. The third kappa shape index (κ3) is 3.92. The van der Waals surface area contributed by atoms with Gasteiger partial charge in [0.1, 0.15) is 17.4 Å². The van der Waals surface area contributed by atoms with Crippen LogP contribution in [-0.2, 0) is 11.3 Å². The minimum atomic E-state index is -0.0462. The molecule has 0 bridgehead atoms. The van der Waals surface area contributed by atoms with Crippen molar-refractivity contribution in [1.29, 1.82) is 5.26 Å². The van der Waals surface area contributed by atoms with Crippen LogP contribution in [0, 0.1) is 11.3 Å². The zero-order valence-electron chi connectivity index (χ0n) is 16.0. The summed E-state index contributed by atoms with van der Waals surface area (Å²) in [5.74, 6) is 1.31. The lowest BCUT2D eigenvalue weighted by Gasteiger charge is -2.27. The number of allylic oxidation sites excluding steroid dienone is 1. The highest BCUT2D eigenvalue weighted by atomic mass is 32.2. The van der Waals surface area contributed by atoms with Crippen molar-refractivity contribution < 1.29 is 9.84 Å². The van der Waals surface area contributed by atoms with Gasteiger partial charge in [0.15, 0.2) is 11.0 Å². The van der Waals surface area contributed by atoms with Gasteiger partial charge in [-0.1, -0.05) is 23.9 Å². The first kappa shape index (κ1) is 19.3. The summed E-state index contributed by atoms with van der Waals surface area (Å²) < 4.78 is 7.41. The summed E-state index contributed by atoms with van der Waals surface area (Å²) in [5, 5.41) is 29.4. The molecule has 1 aromatic carbocycles. The number of aliphatic hydroxyl groups is 1. The van der Waals surface area contributed by atoms with Gasteiger partial charge >= 0.3 is 0 Å². The van der Waals surface area contributed by atoms with Crippen LogP contribution in [0.1, 0.15) is 12.7 Å². The Morgan fingerprint density at radius 3 is 2.83 bits per heavy atom. The Kier molecular flexibility index (Phi) is 5.69. The molecule has 0 unspecified atom stereocenters. The van der Waals surface area contributed by atoms with Gasteiger partial charge in [0, 0.05) is 19.6 Å². The van der Waals surface area contributed by atoms with E-state index in [1.54, 1.807) is 0 Å². The SMILES string of the molecule is CCn1c(SC/C(O)=C(\C#N)c2nc3ccccc3[nH]2)nnc1N1CCOCC1. The zero-order chi connectivity index (χ0) is 20.2. The largest absolute Gasteiger partial charge is 0.510 e. The fourth-order valence-electron chi connectivity index (χ4n) is 3.19. The smallest absolute Gasteiger partial charge is 0.228 e. The molecule has 2 N–H and O–H groups in total. The Morgan fingerprint density at radius 2 is 2.10 bits per heavy atom. The Bertz CT molecular complexity index is 1040. The van der Waals surface area contributed by atoms with Crippen molar-refractivity contribution in [1.82, 2.24) is 24.7 Å². The van der Waals surface area contributed by atoms with Crippen molar-refractivity contribution in [2.75, 3.05) is 37.0 Å². The van der Waals surface area contributed by atoms with Gasteiger partial charge in [-0.25, -0.2) is 4.98 Å². The number of fused-ring (bicyclic) bond motifs is 1. The minimum Gasteiger partial charge on any atom is -0.510 e. The van der Waals surface area contributed by atoms with Gasteiger partial charge < -0.3 is 19.7 Å². The first-order valence-electron chi connectivity index (χ1n) is 9.37. The predicted molar refractivity (Wildman–Crippen MR) is 111 cm³/mol. The third-order valence-electron chi connectivity index (χ3n) is 4.67. The van der Waals surface area contributed by atoms with E-state index in [0.29, 0.717) is 30.7 Å². The number of anilines is 1. The number of thioether (sulfide) groups is 1. The number of hydrogen-bond acceptors (Lipinski definition) is 8. The highest BCUT2D eigenvalue weighted by Crippen LogP contribution is 2.26. The second-order valence-electron chi connectivity index (χ2n) is 6.45. The number of imidazole rings is 1. The average molecular weight is 411 g/mol. The molecule has 4 rings (SSSR count). The van der Waals surface area contributed by atoms with Crippen LogP contribution in [0.2, 0.25) is 0 Å². The van der Waals surface area contributed by atoms with Gasteiger partial charge in [-0.05, 0) is 19.1 Å². The van der Waals surface area contributed by atoms with E-state index in [1.807, 2.05) is 35.8 Å². The molecular formula is C19H21N7O2S. The minimum absolute atomic E-state index is 0.0462. The highest BCUT2D eigenvalue weighted by molar-refractivity contribution is 7.99. The molecule has 10 heteroatoms. The summed E-state index contributed by atoms with van der Waals surface area (Å²) in [6.07, 6.45) is 0. The number of ether oxygens (including phenoxy) is 1. The number of aromatic nitrogens is 5. The summed E-state index contributed by atoms with van der Waals surface area (Å²) in [6.45, 7) is 5.64. The summed E-state index contributed by atoms with van der Waals surface area (Å²) in [4.78, 5) is 9.63. The van der Waals surface area contributed by atoms with E-state index >= 15 is 0 Å². The average Bonchev–Trinajstić information content (AvgIpc) is 3.37. The molecule has 0 atom stereocenters. The van der Waals surface area contributed by atoms with Crippen molar-refractivity contribution in [2.45, 2.75) is 18.6 Å². The molecule has 0 spiro atoms. The number of nitrogens with one attached hydrogen (secondary N) is 1. The van der Waals surface area contributed by atoms with Crippen molar-refractivity contribution >= 4 is 34.3 Å². The quantitative estimate of drug-likeness (QED) is 0.361. The van der Waals surface area contributed by atoms with Crippen LogP contribution < -0.4 is 4.90 Å². The van der Waals surface area contributed by atoms with E-state index in [4.69, 9.17) is 4.74 Å². The number of benzene rings is 1. The molecule has 0 aliphatic carbocycles. The van der Waals surface area contributed by atoms with E-state index in [-0.39, 0.29) is 17.1 Å². The van der Waals surface area contributed by atoms with Crippen LogP contribution in [0.15, 0.2) is 35.2 Å². The number of morpholine rings is 1. The molecule has 1 aliphatic heterocycles. The van der Waals surface area contributed by atoms with Crippen molar-refractivity contribution in [3.8, 4) is 6.07 Å². The van der Waals surface area contributed by atoms with E-state index in [1.165, 1.54) is 11.8 Å². The van der Waals surface area contributed by atoms with Gasteiger partial charge in [-0.3, -0.25) is 4.57 Å². The molecule has 1 fully saturated rings. The van der Waals surface area contributed by atoms with Crippen LogP contribution in [-0.4, -0.2) is 61.9 Å². The third-order valence-corrected chi connectivity index (χ3v) is 5.65. The number of H-pyrrole nitrogens is 1. The highest BCUT2D eigenvalue weighted by Gasteiger charge is 2.21. The molecule has 3 aromatic rings. The molecule has 3 heterocycles. The summed E-state index contributed by atoms with van der Waals surface area (Å²) in [5.41, 5.74) is 1.69. The normalized spacial score (nSPS) is 15.4. The first-order valence-corrected chi connectivity index (χ1v) is 10.4. The Labute approximate surface area is 172 Å². The number of hydrogen-bond donors (Lipinski definition) is 2. The molecule has 1 aliphatic rings. The number of nitriles is 1. The van der Waals surface area contributed by atoms with Crippen LogP contribution in [0.25, 0.3) is 16.6 Å². The van der Waals surface area contributed by atoms with Crippen LogP contribution >= 0.6 is 11.8 Å². The second-order valence-corrected chi connectivity index (χ2v) is 7.39.